The van der Waals surface area contributed by atoms with Gasteiger partial charge in [0.05, 0.1) is 19.4 Å². The number of hydrogen-bond acceptors (Lipinski definition) is 5. The van der Waals surface area contributed by atoms with Crippen LogP contribution in [0, 0.1) is 5.92 Å². The molecule has 1 N–H and O–H groups in total. The first-order chi connectivity index (χ1) is 14.3. The molecule has 0 bridgehead atoms. The molecule has 2 aromatic rings. The Hall–Kier alpha value is -2.11. The number of methoxy groups -OCH3 is 1. The van der Waals surface area contributed by atoms with Crippen LogP contribution in [0.2, 0.25) is 0 Å². The summed E-state index contributed by atoms with van der Waals surface area (Å²) in [5, 5.41) is 16.0. The molecule has 1 atom stereocenters. The van der Waals surface area contributed by atoms with E-state index >= 15 is 0 Å². The number of oxime groups is 1. The second-order valence-corrected chi connectivity index (χ2v) is 8.23. The van der Waals surface area contributed by atoms with Crippen molar-refractivity contribution in [1.82, 2.24) is 4.90 Å². The van der Waals surface area contributed by atoms with Gasteiger partial charge in [0.2, 0.25) is 0 Å². The Labute approximate surface area is 173 Å². The maximum atomic E-state index is 9.12. The molecule has 1 aliphatic heterocycles. The van der Waals surface area contributed by atoms with Crippen molar-refractivity contribution in [2.45, 2.75) is 44.6 Å². The van der Waals surface area contributed by atoms with Gasteiger partial charge in [-0.3, -0.25) is 4.90 Å². The number of aliphatic hydroxyl groups is 1. The quantitative estimate of drug-likeness (QED) is 0.433. The van der Waals surface area contributed by atoms with E-state index in [9.17, 15) is 0 Å². The minimum atomic E-state index is -0.0207. The predicted octanol–water partition coefficient (Wildman–Crippen LogP) is 4.22. The molecule has 2 aliphatic rings. The molecule has 2 aromatic carbocycles. The molecule has 1 aliphatic carbocycles. The van der Waals surface area contributed by atoms with Crippen LogP contribution in [0.1, 0.15) is 44.1 Å². The molecule has 1 heterocycles. The van der Waals surface area contributed by atoms with E-state index < -0.39 is 0 Å². The Morgan fingerprint density at radius 3 is 2.66 bits per heavy atom. The minimum absolute atomic E-state index is 0.0207. The van der Waals surface area contributed by atoms with Crippen LogP contribution in [-0.4, -0.2) is 55.2 Å². The highest BCUT2D eigenvalue weighted by Gasteiger charge is 2.31. The summed E-state index contributed by atoms with van der Waals surface area (Å²) in [5.41, 5.74) is 2.12. The summed E-state index contributed by atoms with van der Waals surface area (Å²) in [6.45, 7) is 2.45. The summed E-state index contributed by atoms with van der Waals surface area (Å²) in [4.78, 5) is 8.14. The Bertz CT molecular complexity index is 845. The molecule has 5 nitrogen and oxygen atoms in total. The number of ether oxygens (including phenoxy) is 1. The molecule has 156 valence electrons. The highest BCUT2D eigenvalue weighted by molar-refractivity contribution is 6.04. The molecule has 0 radical (unpaired) electrons. The SMILES string of the molecule is COc1ccc2cc(/C(=N/OCCO)C3CCCN(C4CCCC4)C3)ccc2c1. The van der Waals surface area contributed by atoms with Crippen LogP contribution in [0.5, 0.6) is 5.75 Å². The highest BCUT2D eigenvalue weighted by atomic mass is 16.6. The van der Waals surface area contributed by atoms with E-state index in [0.29, 0.717) is 5.92 Å². The number of aliphatic hydroxyl groups excluding tert-OH is 1. The van der Waals surface area contributed by atoms with Gasteiger partial charge in [-0.1, -0.05) is 36.2 Å². The maximum Gasteiger partial charge on any atom is 0.140 e. The predicted molar refractivity (Wildman–Crippen MR) is 117 cm³/mol. The van der Waals surface area contributed by atoms with Crippen LogP contribution in [0.3, 0.4) is 0 Å². The van der Waals surface area contributed by atoms with Crippen molar-refractivity contribution in [3.63, 3.8) is 0 Å². The van der Waals surface area contributed by atoms with Gasteiger partial charge in [0.1, 0.15) is 12.4 Å². The summed E-state index contributed by atoms with van der Waals surface area (Å²) in [5.74, 6) is 1.23. The van der Waals surface area contributed by atoms with Crippen molar-refractivity contribution in [2.75, 3.05) is 33.4 Å². The summed E-state index contributed by atoms with van der Waals surface area (Å²) < 4.78 is 5.35. The van der Waals surface area contributed by atoms with Crippen molar-refractivity contribution in [3.8, 4) is 5.75 Å². The van der Waals surface area contributed by atoms with Gasteiger partial charge in [0.15, 0.2) is 0 Å². The number of rotatable bonds is 7. The number of nitrogens with zero attached hydrogens (tertiary/aromatic N) is 2. The third-order valence-electron chi connectivity index (χ3n) is 6.37. The lowest BCUT2D eigenvalue weighted by atomic mass is 9.87. The molecule has 1 saturated heterocycles. The van der Waals surface area contributed by atoms with E-state index in [0.717, 1.165) is 41.4 Å². The lowest BCUT2D eigenvalue weighted by molar-refractivity contribution is 0.0950. The Morgan fingerprint density at radius 2 is 1.86 bits per heavy atom. The van der Waals surface area contributed by atoms with Crippen LogP contribution in [0.15, 0.2) is 41.6 Å². The van der Waals surface area contributed by atoms with Gasteiger partial charge < -0.3 is 14.7 Å². The second-order valence-electron chi connectivity index (χ2n) is 8.23. The van der Waals surface area contributed by atoms with Crippen molar-refractivity contribution in [2.24, 2.45) is 11.1 Å². The molecular formula is C24H32N2O3. The van der Waals surface area contributed by atoms with E-state index in [2.05, 4.69) is 40.4 Å². The van der Waals surface area contributed by atoms with Crippen LogP contribution < -0.4 is 4.74 Å². The fourth-order valence-electron chi connectivity index (χ4n) is 4.86. The van der Waals surface area contributed by atoms with E-state index in [4.69, 9.17) is 14.7 Å². The standard InChI is InChI=1S/C24H32N2O3/c1-28-23-11-10-18-15-20(9-8-19(18)16-23)24(25-29-14-13-27)21-5-4-12-26(17-21)22-6-2-3-7-22/h8-11,15-16,21-22,27H,2-7,12-14,17H2,1H3/b25-24-. The van der Waals surface area contributed by atoms with E-state index in [1.54, 1.807) is 7.11 Å². The van der Waals surface area contributed by atoms with Gasteiger partial charge in [-0.2, -0.15) is 0 Å². The lowest BCUT2D eigenvalue weighted by Gasteiger charge is -2.37. The Morgan fingerprint density at radius 1 is 1.07 bits per heavy atom. The second kappa shape index (κ2) is 9.59. The van der Waals surface area contributed by atoms with Crippen molar-refractivity contribution in [3.05, 3.63) is 42.0 Å². The monoisotopic (exact) mass is 396 g/mol. The fourth-order valence-corrected chi connectivity index (χ4v) is 4.86. The highest BCUT2D eigenvalue weighted by Crippen LogP contribution is 2.30. The summed E-state index contributed by atoms with van der Waals surface area (Å²) in [7, 11) is 1.69. The van der Waals surface area contributed by atoms with Crippen molar-refractivity contribution in [1.29, 1.82) is 0 Å². The van der Waals surface area contributed by atoms with Gasteiger partial charge in [0, 0.05) is 24.1 Å². The summed E-state index contributed by atoms with van der Waals surface area (Å²) >= 11 is 0. The molecule has 2 fully saturated rings. The van der Waals surface area contributed by atoms with Gasteiger partial charge in [-0.25, -0.2) is 0 Å². The van der Waals surface area contributed by atoms with Gasteiger partial charge in [0.25, 0.3) is 0 Å². The summed E-state index contributed by atoms with van der Waals surface area (Å²) in [6.07, 6.45) is 7.72. The van der Waals surface area contributed by atoms with Crippen LogP contribution in [0.25, 0.3) is 10.8 Å². The number of likely N-dealkylation sites (tertiary alicyclic amines) is 1. The number of piperidine rings is 1. The van der Waals surface area contributed by atoms with Crippen LogP contribution in [-0.2, 0) is 4.84 Å². The zero-order valence-corrected chi connectivity index (χ0v) is 17.3. The molecule has 4 rings (SSSR count). The zero-order valence-electron chi connectivity index (χ0n) is 17.3. The zero-order chi connectivity index (χ0) is 20.1. The molecule has 1 unspecified atom stereocenters. The fraction of sp³-hybridized carbons (Fsp3) is 0.542. The third-order valence-corrected chi connectivity index (χ3v) is 6.37. The first kappa shape index (κ1) is 20.2. The van der Waals surface area contributed by atoms with Crippen molar-refractivity contribution >= 4 is 16.5 Å². The normalized spacial score (nSPS) is 21.6. The van der Waals surface area contributed by atoms with Gasteiger partial charge >= 0.3 is 0 Å². The largest absolute Gasteiger partial charge is 0.497 e. The molecule has 1 saturated carbocycles. The number of hydrogen-bond donors (Lipinski definition) is 1. The minimum Gasteiger partial charge on any atom is -0.497 e. The van der Waals surface area contributed by atoms with E-state index in [-0.39, 0.29) is 13.2 Å². The molecule has 0 aromatic heterocycles. The number of fused-ring (bicyclic) bond motifs is 1. The third kappa shape index (κ3) is 4.73. The average molecular weight is 397 g/mol. The smallest absolute Gasteiger partial charge is 0.140 e. The maximum absolute atomic E-state index is 9.12. The van der Waals surface area contributed by atoms with Crippen LogP contribution in [0.4, 0.5) is 0 Å². The average Bonchev–Trinajstić information content (AvgIpc) is 3.31. The molecule has 0 amide bonds. The molecular weight excluding hydrogens is 364 g/mol. The Kier molecular flexibility index (Phi) is 6.67. The molecule has 5 heteroatoms. The first-order valence-corrected chi connectivity index (χ1v) is 10.9. The van der Waals surface area contributed by atoms with Crippen molar-refractivity contribution < 1.29 is 14.7 Å². The van der Waals surface area contributed by atoms with Gasteiger partial charge in [-0.15, -0.1) is 0 Å². The molecule has 29 heavy (non-hydrogen) atoms. The van der Waals surface area contributed by atoms with E-state index in [1.165, 1.54) is 44.0 Å². The van der Waals surface area contributed by atoms with Crippen LogP contribution >= 0.6 is 0 Å². The molecule has 0 spiro atoms. The van der Waals surface area contributed by atoms with Gasteiger partial charge in [-0.05, 0) is 61.2 Å². The Balaban J connectivity index is 1.61. The first-order valence-electron chi connectivity index (χ1n) is 10.9. The number of benzene rings is 2. The topological polar surface area (TPSA) is 54.3 Å². The summed E-state index contributed by atoms with van der Waals surface area (Å²) in [6, 6.07) is 13.3. The van der Waals surface area contributed by atoms with E-state index in [1.807, 2.05) is 6.07 Å². The lowest BCUT2D eigenvalue weighted by Crippen LogP contribution is -2.43.